The molecule has 168 valence electrons. The van der Waals surface area contributed by atoms with Gasteiger partial charge in [0.25, 0.3) is 5.91 Å². The number of sulfonamides is 1. The van der Waals surface area contributed by atoms with Crippen LogP contribution in [0.1, 0.15) is 41.9 Å². The van der Waals surface area contributed by atoms with Crippen molar-refractivity contribution in [1.82, 2.24) is 14.2 Å². The van der Waals surface area contributed by atoms with E-state index in [4.69, 9.17) is 28.9 Å². The van der Waals surface area contributed by atoms with Crippen LogP contribution in [0.2, 0.25) is 10.0 Å². The Balaban J connectivity index is 1.62. The lowest BCUT2D eigenvalue weighted by Gasteiger charge is -2.31. The molecule has 3 N–H and O–H groups in total. The first-order chi connectivity index (χ1) is 14.5. The summed E-state index contributed by atoms with van der Waals surface area (Å²) < 4.78 is 28.5. The van der Waals surface area contributed by atoms with Gasteiger partial charge in [0, 0.05) is 32.3 Å². The third-order valence-corrected chi connectivity index (χ3v) is 8.10. The van der Waals surface area contributed by atoms with Crippen LogP contribution in [0, 0.1) is 5.92 Å². The number of aromatic nitrogens is 1. The maximum atomic E-state index is 12.9. The van der Waals surface area contributed by atoms with Crippen molar-refractivity contribution in [2.45, 2.75) is 30.7 Å². The molecule has 1 aromatic heterocycles. The summed E-state index contributed by atoms with van der Waals surface area (Å²) in [4.78, 5) is 24.1. The highest BCUT2D eigenvalue weighted by atomic mass is 35.5. The van der Waals surface area contributed by atoms with E-state index in [9.17, 15) is 18.0 Å². The molecule has 0 saturated carbocycles. The first-order valence-corrected chi connectivity index (χ1v) is 11.9. The van der Waals surface area contributed by atoms with Gasteiger partial charge in [-0.05, 0) is 43.5 Å². The van der Waals surface area contributed by atoms with Gasteiger partial charge in [-0.1, -0.05) is 29.3 Å². The Labute approximate surface area is 191 Å². The van der Waals surface area contributed by atoms with Gasteiger partial charge in [0.15, 0.2) is 0 Å². The number of benzene rings is 1. The molecule has 0 bridgehead atoms. The second kappa shape index (κ2) is 9.20. The zero-order chi connectivity index (χ0) is 22.9. The Morgan fingerprint density at radius 2 is 1.81 bits per heavy atom. The number of hydrogen-bond acceptors (Lipinski definition) is 4. The van der Waals surface area contributed by atoms with Crippen LogP contribution in [0.4, 0.5) is 0 Å². The van der Waals surface area contributed by atoms with Crippen LogP contribution in [0.3, 0.4) is 0 Å². The molecule has 1 aliphatic heterocycles. The monoisotopic (exact) mass is 486 g/mol. The smallest absolute Gasteiger partial charge is 0.265 e. The zero-order valence-corrected chi connectivity index (χ0v) is 19.5. The predicted octanol–water partition coefficient (Wildman–Crippen LogP) is 2.71. The average molecular weight is 487 g/mol. The lowest BCUT2D eigenvalue weighted by molar-refractivity contribution is -0.126. The molecule has 2 amide bonds. The van der Waals surface area contributed by atoms with Crippen molar-refractivity contribution >= 4 is 45.0 Å². The van der Waals surface area contributed by atoms with Gasteiger partial charge < -0.3 is 15.6 Å². The Hall–Kier alpha value is -2.07. The molecule has 1 saturated heterocycles. The van der Waals surface area contributed by atoms with Gasteiger partial charge in [-0.2, -0.15) is 4.31 Å². The summed E-state index contributed by atoms with van der Waals surface area (Å²) in [5.74, 6) is -1.13. The Bertz CT molecular complexity index is 1110. The van der Waals surface area contributed by atoms with E-state index in [-0.39, 0.29) is 41.5 Å². The number of piperidine rings is 1. The van der Waals surface area contributed by atoms with Gasteiger partial charge >= 0.3 is 0 Å². The molecule has 1 fully saturated rings. The largest absolute Gasteiger partial charge is 0.364 e. The van der Waals surface area contributed by atoms with E-state index in [1.54, 1.807) is 25.2 Å². The summed E-state index contributed by atoms with van der Waals surface area (Å²) >= 11 is 12.0. The SMILES string of the molecule is C[C@@H](NC(=O)C1CCN(S(=O)(=O)c2cc(C(N)=O)n(C)c2)CC1)c1ccc(Cl)c(Cl)c1. The van der Waals surface area contributed by atoms with Gasteiger partial charge in [-0.15, -0.1) is 0 Å². The molecule has 0 spiro atoms. The molecule has 1 aliphatic rings. The lowest BCUT2D eigenvalue weighted by atomic mass is 9.96. The molecule has 11 heteroatoms. The number of rotatable bonds is 6. The Kier molecular flexibility index (Phi) is 7.00. The van der Waals surface area contributed by atoms with Gasteiger partial charge in [-0.3, -0.25) is 9.59 Å². The molecule has 0 radical (unpaired) electrons. The van der Waals surface area contributed by atoms with Crippen LogP contribution < -0.4 is 11.1 Å². The topological polar surface area (TPSA) is 114 Å². The van der Waals surface area contributed by atoms with Crippen LogP contribution >= 0.6 is 23.2 Å². The minimum Gasteiger partial charge on any atom is -0.364 e. The Morgan fingerprint density at radius 1 is 1.16 bits per heavy atom. The summed E-state index contributed by atoms with van der Waals surface area (Å²) in [6, 6.07) is 6.20. The third kappa shape index (κ3) is 5.06. The fourth-order valence-corrected chi connectivity index (χ4v) is 5.47. The fraction of sp³-hybridized carbons (Fsp3) is 0.400. The van der Waals surface area contributed by atoms with E-state index in [0.717, 1.165) is 5.56 Å². The average Bonchev–Trinajstić information content (AvgIpc) is 3.13. The number of carbonyl (C=O) groups is 2. The quantitative estimate of drug-likeness (QED) is 0.652. The van der Waals surface area contributed by atoms with Crippen LogP contribution in [-0.4, -0.2) is 42.2 Å². The van der Waals surface area contributed by atoms with E-state index in [2.05, 4.69) is 5.32 Å². The maximum Gasteiger partial charge on any atom is 0.265 e. The van der Waals surface area contributed by atoms with Crippen LogP contribution in [0.25, 0.3) is 0 Å². The summed E-state index contributed by atoms with van der Waals surface area (Å²) in [7, 11) is -2.22. The fourth-order valence-electron chi connectivity index (χ4n) is 3.62. The van der Waals surface area contributed by atoms with Gasteiger partial charge in [-0.25, -0.2) is 8.42 Å². The number of nitrogens with one attached hydrogen (secondary N) is 1. The van der Waals surface area contributed by atoms with Crippen molar-refractivity contribution in [1.29, 1.82) is 0 Å². The number of primary amides is 1. The van der Waals surface area contributed by atoms with Crippen molar-refractivity contribution in [3.63, 3.8) is 0 Å². The van der Waals surface area contributed by atoms with Crippen molar-refractivity contribution < 1.29 is 18.0 Å². The summed E-state index contributed by atoms with van der Waals surface area (Å²) in [6.45, 7) is 2.27. The second-order valence-corrected chi connectivity index (χ2v) is 10.4. The number of halogens is 2. The third-order valence-electron chi connectivity index (χ3n) is 5.50. The second-order valence-electron chi connectivity index (χ2n) is 7.62. The molecule has 2 aromatic rings. The highest BCUT2D eigenvalue weighted by Gasteiger charge is 2.33. The molecular weight excluding hydrogens is 463 g/mol. The highest BCUT2D eigenvalue weighted by Crippen LogP contribution is 2.28. The molecule has 31 heavy (non-hydrogen) atoms. The lowest BCUT2D eigenvalue weighted by Crippen LogP contribution is -2.43. The van der Waals surface area contributed by atoms with Crippen LogP contribution in [0.5, 0.6) is 0 Å². The molecule has 0 unspecified atom stereocenters. The van der Waals surface area contributed by atoms with Crippen LogP contribution in [0.15, 0.2) is 35.4 Å². The highest BCUT2D eigenvalue weighted by molar-refractivity contribution is 7.89. The van der Waals surface area contributed by atoms with Gasteiger partial charge in [0.1, 0.15) is 10.6 Å². The molecule has 1 atom stereocenters. The van der Waals surface area contributed by atoms with Gasteiger partial charge in [0.2, 0.25) is 15.9 Å². The van der Waals surface area contributed by atoms with E-state index in [1.807, 2.05) is 6.92 Å². The summed E-state index contributed by atoms with van der Waals surface area (Å²) in [6.07, 6.45) is 2.16. The van der Waals surface area contributed by atoms with E-state index >= 15 is 0 Å². The normalized spacial score (nSPS) is 16.8. The van der Waals surface area contributed by atoms with Crippen molar-refractivity contribution in [2.24, 2.45) is 18.7 Å². The molecule has 8 nitrogen and oxygen atoms in total. The number of carbonyl (C=O) groups excluding carboxylic acids is 2. The minimum absolute atomic E-state index is 0.0138. The predicted molar refractivity (Wildman–Crippen MR) is 118 cm³/mol. The van der Waals surface area contributed by atoms with Crippen molar-refractivity contribution in [3.8, 4) is 0 Å². The number of nitrogens with two attached hydrogens (primary N) is 1. The van der Waals surface area contributed by atoms with E-state index < -0.39 is 15.9 Å². The molecule has 3 rings (SSSR count). The maximum absolute atomic E-state index is 12.9. The standard InChI is InChI=1S/C20H24Cl2N4O4S/c1-12(14-3-4-16(21)17(22)9-14)24-20(28)13-5-7-26(8-6-13)31(29,30)15-10-18(19(23)27)25(2)11-15/h3-4,9-13H,5-8H2,1-2H3,(H2,23,27)(H,24,28)/t12-/m1/s1. The molecule has 2 heterocycles. The first kappa shape index (κ1) is 23.6. The zero-order valence-electron chi connectivity index (χ0n) is 17.1. The van der Waals surface area contributed by atoms with Gasteiger partial charge in [0.05, 0.1) is 16.1 Å². The number of amides is 2. The van der Waals surface area contributed by atoms with Crippen molar-refractivity contribution in [2.75, 3.05) is 13.1 Å². The van der Waals surface area contributed by atoms with Crippen molar-refractivity contribution in [3.05, 3.63) is 51.8 Å². The number of hydrogen-bond donors (Lipinski definition) is 2. The summed E-state index contributed by atoms with van der Waals surface area (Å²) in [5, 5.41) is 3.82. The van der Waals surface area contributed by atoms with Crippen LogP contribution in [-0.2, 0) is 21.9 Å². The number of nitrogens with zero attached hydrogens (tertiary/aromatic N) is 2. The summed E-state index contributed by atoms with van der Waals surface area (Å²) in [5.41, 5.74) is 6.22. The molecular formula is C20H24Cl2N4O4S. The first-order valence-electron chi connectivity index (χ1n) is 9.72. The molecule has 1 aromatic carbocycles. The Morgan fingerprint density at radius 3 is 2.35 bits per heavy atom. The molecule has 0 aliphatic carbocycles. The van der Waals surface area contributed by atoms with E-state index in [1.165, 1.54) is 21.1 Å². The van der Waals surface area contributed by atoms with E-state index in [0.29, 0.717) is 22.9 Å². The number of aryl methyl sites for hydroxylation is 1. The minimum atomic E-state index is -3.78.